The molecule has 20 heavy (non-hydrogen) atoms. The minimum Gasteiger partial charge on any atom is -0.384 e. The fraction of sp³-hybridized carbons (Fsp3) is 0.438. The van der Waals surface area contributed by atoms with E-state index in [2.05, 4.69) is 37.9 Å². The first kappa shape index (κ1) is 16.2. The first-order chi connectivity index (χ1) is 9.33. The summed E-state index contributed by atoms with van der Waals surface area (Å²) >= 11 is 0. The van der Waals surface area contributed by atoms with Gasteiger partial charge in [-0.2, -0.15) is 0 Å². The Labute approximate surface area is 119 Å². The highest BCUT2D eigenvalue weighted by molar-refractivity contribution is 5.96. The van der Waals surface area contributed by atoms with Gasteiger partial charge in [-0.3, -0.25) is 4.79 Å². The Morgan fingerprint density at radius 3 is 2.70 bits per heavy atom. The number of carbonyl (C=O) groups is 1. The summed E-state index contributed by atoms with van der Waals surface area (Å²) in [6.07, 6.45) is 0.845. The molecule has 1 amide bonds. The van der Waals surface area contributed by atoms with Crippen LogP contribution >= 0.6 is 0 Å². The summed E-state index contributed by atoms with van der Waals surface area (Å²) in [5.41, 5.74) is 0.740. The number of halogens is 1. The maximum Gasteiger partial charge on any atom is 0.252 e. The average Bonchev–Trinajstić information content (AvgIpc) is 2.34. The zero-order valence-corrected chi connectivity index (χ0v) is 12.1. The summed E-state index contributed by atoms with van der Waals surface area (Å²) in [6, 6.07) is 3.83. The minimum atomic E-state index is -0.460. The highest BCUT2D eigenvalue weighted by Gasteiger charge is 2.13. The van der Waals surface area contributed by atoms with Crippen molar-refractivity contribution in [3.8, 4) is 11.8 Å². The molecule has 0 atom stereocenters. The van der Waals surface area contributed by atoms with E-state index in [1.807, 2.05) is 0 Å². The Kier molecular flexibility index (Phi) is 5.72. The van der Waals surface area contributed by atoms with Gasteiger partial charge in [-0.1, -0.05) is 32.6 Å². The van der Waals surface area contributed by atoms with E-state index >= 15 is 0 Å². The molecule has 1 rings (SSSR count). The van der Waals surface area contributed by atoms with Crippen LogP contribution in [0.3, 0.4) is 0 Å². The predicted molar refractivity (Wildman–Crippen MR) is 76.8 cm³/mol. The van der Waals surface area contributed by atoms with Crippen molar-refractivity contribution in [2.45, 2.75) is 27.2 Å². The lowest BCUT2D eigenvalue weighted by Gasteiger charge is -2.18. The molecule has 108 valence electrons. The molecule has 0 heterocycles. The average molecular weight is 277 g/mol. The Morgan fingerprint density at radius 2 is 2.10 bits per heavy atom. The number of amides is 1. The SMILES string of the molecule is CC(C)(C)CCNC(=O)c1ccc(F)cc1C#CCO. The molecule has 4 heteroatoms. The first-order valence-corrected chi connectivity index (χ1v) is 6.51. The van der Waals surface area contributed by atoms with Crippen molar-refractivity contribution in [3.05, 3.63) is 35.1 Å². The lowest BCUT2D eigenvalue weighted by atomic mass is 9.92. The van der Waals surface area contributed by atoms with E-state index < -0.39 is 5.82 Å². The van der Waals surface area contributed by atoms with E-state index in [-0.39, 0.29) is 23.5 Å². The molecule has 1 aromatic rings. The van der Waals surface area contributed by atoms with E-state index in [1.54, 1.807) is 0 Å². The van der Waals surface area contributed by atoms with Crippen molar-refractivity contribution in [2.24, 2.45) is 5.41 Å². The second-order valence-electron chi connectivity index (χ2n) is 5.72. The molecule has 0 saturated heterocycles. The fourth-order valence-corrected chi connectivity index (χ4v) is 1.60. The van der Waals surface area contributed by atoms with Gasteiger partial charge in [0.05, 0.1) is 5.56 Å². The number of rotatable bonds is 3. The van der Waals surface area contributed by atoms with Gasteiger partial charge in [0.1, 0.15) is 12.4 Å². The number of aliphatic hydroxyl groups is 1. The molecule has 0 bridgehead atoms. The van der Waals surface area contributed by atoms with E-state index in [0.29, 0.717) is 12.1 Å². The van der Waals surface area contributed by atoms with Gasteiger partial charge in [-0.15, -0.1) is 0 Å². The van der Waals surface area contributed by atoms with Crippen molar-refractivity contribution >= 4 is 5.91 Å². The molecule has 0 aromatic heterocycles. The molecule has 0 radical (unpaired) electrons. The van der Waals surface area contributed by atoms with Gasteiger partial charge in [0.2, 0.25) is 0 Å². The van der Waals surface area contributed by atoms with Crippen molar-refractivity contribution in [2.75, 3.05) is 13.2 Å². The normalized spacial score (nSPS) is 10.7. The quantitative estimate of drug-likeness (QED) is 0.833. The largest absolute Gasteiger partial charge is 0.384 e. The number of nitrogens with one attached hydrogen (secondary N) is 1. The monoisotopic (exact) mass is 277 g/mol. The van der Waals surface area contributed by atoms with E-state index in [0.717, 1.165) is 6.42 Å². The number of hydrogen-bond acceptors (Lipinski definition) is 2. The molecule has 0 spiro atoms. The van der Waals surface area contributed by atoms with Crippen LogP contribution in [0.15, 0.2) is 18.2 Å². The van der Waals surface area contributed by atoms with Crippen LogP contribution in [0, 0.1) is 23.1 Å². The molecular weight excluding hydrogens is 257 g/mol. The van der Waals surface area contributed by atoms with Crippen LogP contribution in [-0.4, -0.2) is 24.2 Å². The number of hydrogen-bond donors (Lipinski definition) is 2. The Bertz CT molecular complexity index is 536. The van der Waals surface area contributed by atoms with Gasteiger partial charge in [0.15, 0.2) is 0 Å². The lowest BCUT2D eigenvalue weighted by Crippen LogP contribution is -2.27. The summed E-state index contributed by atoms with van der Waals surface area (Å²) in [5, 5.41) is 11.5. The van der Waals surface area contributed by atoms with Gasteiger partial charge in [-0.05, 0) is 30.0 Å². The van der Waals surface area contributed by atoms with Gasteiger partial charge >= 0.3 is 0 Å². The van der Waals surface area contributed by atoms with E-state index in [9.17, 15) is 9.18 Å². The van der Waals surface area contributed by atoms with Crippen molar-refractivity contribution in [1.29, 1.82) is 0 Å². The molecule has 1 aromatic carbocycles. The fourth-order valence-electron chi connectivity index (χ4n) is 1.60. The molecule has 3 nitrogen and oxygen atoms in total. The van der Waals surface area contributed by atoms with Crippen LogP contribution in [0.2, 0.25) is 0 Å². The van der Waals surface area contributed by atoms with E-state index in [1.165, 1.54) is 18.2 Å². The molecule has 0 fully saturated rings. The van der Waals surface area contributed by atoms with Crippen LogP contribution in [-0.2, 0) is 0 Å². The van der Waals surface area contributed by atoms with E-state index in [4.69, 9.17) is 5.11 Å². The third kappa shape index (κ3) is 5.41. The lowest BCUT2D eigenvalue weighted by molar-refractivity contribution is 0.0949. The van der Waals surface area contributed by atoms with Crippen molar-refractivity contribution < 1.29 is 14.3 Å². The van der Waals surface area contributed by atoms with Crippen LogP contribution in [0.25, 0.3) is 0 Å². The smallest absolute Gasteiger partial charge is 0.252 e. The van der Waals surface area contributed by atoms with Gasteiger partial charge < -0.3 is 10.4 Å². The molecule has 0 aliphatic carbocycles. The molecule has 0 unspecified atom stereocenters. The zero-order chi connectivity index (χ0) is 15.2. The van der Waals surface area contributed by atoms with Crippen LogP contribution in [0.1, 0.15) is 43.1 Å². The number of benzene rings is 1. The van der Waals surface area contributed by atoms with Gasteiger partial charge in [0, 0.05) is 12.1 Å². The summed E-state index contributed by atoms with van der Waals surface area (Å²) in [4.78, 5) is 12.1. The summed E-state index contributed by atoms with van der Waals surface area (Å²) in [7, 11) is 0. The van der Waals surface area contributed by atoms with Crippen molar-refractivity contribution in [1.82, 2.24) is 5.32 Å². The second kappa shape index (κ2) is 7.06. The Morgan fingerprint density at radius 1 is 1.40 bits per heavy atom. The van der Waals surface area contributed by atoms with Gasteiger partial charge in [-0.25, -0.2) is 4.39 Å². The third-order valence-electron chi connectivity index (χ3n) is 2.69. The Hall–Kier alpha value is -1.86. The standard InChI is InChI=1S/C16H20FNO2/c1-16(2,3)8-9-18-15(20)14-7-6-13(17)11-12(14)5-4-10-19/h6-7,11,19H,8-10H2,1-3H3,(H,18,20). The zero-order valence-electron chi connectivity index (χ0n) is 12.1. The summed E-state index contributed by atoms with van der Waals surface area (Å²) < 4.78 is 13.2. The van der Waals surface area contributed by atoms with Crippen LogP contribution in [0.4, 0.5) is 4.39 Å². The predicted octanol–water partition coefficient (Wildman–Crippen LogP) is 2.34. The highest BCUT2D eigenvalue weighted by atomic mass is 19.1. The third-order valence-corrected chi connectivity index (χ3v) is 2.69. The molecule has 0 aliphatic rings. The first-order valence-electron chi connectivity index (χ1n) is 6.51. The maximum atomic E-state index is 13.2. The van der Waals surface area contributed by atoms with Crippen LogP contribution < -0.4 is 5.32 Å². The number of aliphatic hydroxyl groups excluding tert-OH is 1. The molecule has 0 saturated carbocycles. The van der Waals surface area contributed by atoms with Gasteiger partial charge in [0.25, 0.3) is 5.91 Å². The molecule has 2 N–H and O–H groups in total. The second-order valence-corrected chi connectivity index (χ2v) is 5.72. The maximum absolute atomic E-state index is 13.2. The Balaban J connectivity index is 2.82. The summed E-state index contributed by atoms with van der Waals surface area (Å²) in [6.45, 7) is 6.49. The molecular formula is C16H20FNO2. The molecule has 0 aliphatic heterocycles. The topological polar surface area (TPSA) is 49.3 Å². The van der Waals surface area contributed by atoms with Crippen molar-refractivity contribution in [3.63, 3.8) is 0 Å². The highest BCUT2D eigenvalue weighted by Crippen LogP contribution is 2.17. The minimum absolute atomic E-state index is 0.135. The number of carbonyl (C=O) groups excluding carboxylic acids is 1. The van der Waals surface area contributed by atoms with Crippen LogP contribution in [0.5, 0.6) is 0 Å². The summed E-state index contributed by atoms with van der Waals surface area (Å²) in [5.74, 6) is 4.28.